The minimum absolute atomic E-state index is 0.0161. The molecule has 4 rings (SSSR count). The van der Waals surface area contributed by atoms with E-state index in [1.165, 1.54) is 10.4 Å². The standard InChI is InChI=1S/C37H42INO7Si/c1-37(2,3)47(30-12-8-6-9-13-30,31-14-10-7-11-15-31)46-25-29-23-34(42-5)28(22-35(29)45-26-43-19-18-41-4)20-27-21-33(40)32(38)24-36(27)44-17-16-39/h6-15,21-24,40H,17-20,25-26H2,1-5H3. The van der Waals surface area contributed by atoms with Gasteiger partial charge in [0.1, 0.15) is 29.1 Å². The molecule has 0 bridgehead atoms. The quantitative estimate of drug-likeness (QED) is 0.0592. The van der Waals surface area contributed by atoms with Crippen LogP contribution in [0.25, 0.3) is 0 Å². The molecule has 10 heteroatoms. The van der Waals surface area contributed by atoms with Crippen molar-refractivity contribution in [1.29, 1.82) is 5.26 Å². The Bertz CT molecular complexity index is 1600. The summed E-state index contributed by atoms with van der Waals surface area (Å²) in [7, 11) is 0.392. The summed E-state index contributed by atoms with van der Waals surface area (Å²) in [5.41, 5.74) is 2.31. The Morgan fingerprint density at radius 2 is 1.38 bits per heavy atom. The molecule has 0 heterocycles. The van der Waals surface area contributed by atoms with Gasteiger partial charge >= 0.3 is 0 Å². The van der Waals surface area contributed by atoms with E-state index < -0.39 is 8.32 Å². The number of nitriles is 1. The van der Waals surface area contributed by atoms with Gasteiger partial charge in [-0.3, -0.25) is 0 Å². The van der Waals surface area contributed by atoms with Crippen LogP contribution in [0.3, 0.4) is 0 Å². The molecule has 4 aromatic carbocycles. The Hall–Kier alpha value is -3.60. The van der Waals surface area contributed by atoms with Crippen LogP contribution < -0.4 is 24.6 Å². The largest absolute Gasteiger partial charge is 0.507 e. The Morgan fingerprint density at radius 3 is 1.96 bits per heavy atom. The van der Waals surface area contributed by atoms with Gasteiger partial charge in [0.25, 0.3) is 8.32 Å². The van der Waals surface area contributed by atoms with Gasteiger partial charge in [-0.15, -0.1) is 0 Å². The van der Waals surface area contributed by atoms with E-state index in [-0.39, 0.29) is 30.8 Å². The molecule has 0 aromatic heterocycles. The van der Waals surface area contributed by atoms with E-state index in [0.717, 1.165) is 11.1 Å². The van der Waals surface area contributed by atoms with E-state index in [1.54, 1.807) is 26.4 Å². The molecule has 0 saturated carbocycles. The molecule has 8 nitrogen and oxygen atoms in total. The highest BCUT2D eigenvalue weighted by molar-refractivity contribution is 14.1. The highest BCUT2D eigenvalue weighted by atomic mass is 127. The van der Waals surface area contributed by atoms with Crippen LogP contribution in [0.15, 0.2) is 84.9 Å². The Morgan fingerprint density at radius 1 is 0.787 bits per heavy atom. The number of aromatic hydroxyl groups is 1. The van der Waals surface area contributed by atoms with Crippen molar-refractivity contribution in [2.24, 2.45) is 0 Å². The zero-order chi connectivity index (χ0) is 33.9. The van der Waals surface area contributed by atoms with Crippen LogP contribution in [0.2, 0.25) is 5.04 Å². The number of phenols is 1. The molecule has 0 unspecified atom stereocenters. The van der Waals surface area contributed by atoms with Crippen LogP contribution in [-0.2, 0) is 26.9 Å². The Kier molecular flexibility index (Phi) is 13.1. The molecule has 0 fully saturated rings. The lowest BCUT2D eigenvalue weighted by Crippen LogP contribution is -2.66. The molecule has 0 aliphatic rings. The maximum atomic E-state index is 10.5. The summed E-state index contributed by atoms with van der Waals surface area (Å²) < 4.78 is 36.5. The zero-order valence-electron chi connectivity index (χ0n) is 27.5. The summed E-state index contributed by atoms with van der Waals surface area (Å²) in [6, 6.07) is 30.2. The number of hydrogen-bond acceptors (Lipinski definition) is 8. The third-order valence-electron chi connectivity index (χ3n) is 7.86. The number of hydrogen-bond donors (Lipinski definition) is 1. The molecule has 0 aliphatic heterocycles. The molecular formula is C37H42INO7Si. The van der Waals surface area contributed by atoms with Gasteiger partial charge in [-0.25, -0.2) is 0 Å². The van der Waals surface area contributed by atoms with Crippen LogP contribution in [0.1, 0.15) is 37.5 Å². The van der Waals surface area contributed by atoms with Crippen LogP contribution in [-0.4, -0.2) is 54.3 Å². The van der Waals surface area contributed by atoms with Gasteiger partial charge in [-0.1, -0.05) is 81.4 Å². The average Bonchev–Trinajstić information content (AvgIpc) is 3.06. The van der Waals surface area contributed by atoms with E-state index in [0.29, 0.717) is 46.0 Å². The van der Waals surface area contributed by atoms with Crippen molar-refractivity contribution in [3.63, 3.8) is 0 Å². The molecule has 248 valence electrons. The first kappa shape index (κ1) is 36.2. The lowest BCUT2D eigenvalue weighted by atomic mass is 10.0. The topological polar surface area (TPSA) is 99.4 Å². The van der Waals surface area contributed by atoms with E-state index >= 15 is 0 Å². The average molecular weight is 768 g/mol. The molecular weight excluding hydrogens is 725 g/mol. The van der Waals surface area contributed by atoms with Crippen molar-refractivity contribution in [3.8, 4) is 29.1 Å². The Labute approximate surface area is 292 Å². The van der Waals surface area contributed by atoms with E-state index in [9.17, 15) is 5.11 Å². The maximum Gasteiger partial charge on any atom is 0.261 e. The molecule has 1 N–H and O–H groups in total. The van der Waals surface area contributed by atoms with Crippen molar-refractivity contribution in [2.75, 3.05) is 40.8 Å². The van der Waals surface area contributed by atoms with Gasteiger partial charge in [-0.2, -0.15) is 5.26 Å². The normalized spacial score (nSPS) is 11.6. The van der Waals surface area contributed by atoms with Crippen molar-refractivity contribution in [2.45, 2.75) is 38.8 Å². The predicted molar refractivity (Wildman–Crippen MR) is 193 cm³/mol. The fourth-order valence-corrected chi connectivity index (χ4v) is 10.6. The third kappa shape index (κ3) is 8.85. The first-order chi connectivity index (χ1) is 22.6. The molecule has 0 aliphatic carbocycles. The predicted octanol–water partition coefficient (Wildman–Crippen LogP) is 6.57. The number of methoxy groups -OCH3 is 2. The molecule has 0 saturated heterocycles. The van der Waals surface area contributed by atoms with Crippen molar-refractivity contribution >= 4 is 41.3 Å². The highest BCUT2D eigenvalue weighted by Crippen LogP contribution is 2.40. The van der Waals surface area contributed by atoms with Gasteiger partial charge < -0.3 is 33.2 Å². The SMILES string of the molecule is COCCOCOc1cc(Cc2cc(O)c(I)cc2OCC#N)c(OC)cc1CO[Si](c1ccccc1)(c1ccccc1)C(C)(C)C. The second kappa shape index (κ2) is 17.0. The molecule has 47 heavy (non-hydrogen) atoms. The monoisotopic (exact) mass is 767 g/mol. The van der Waals surface area contributed by atoms with Gasteiger partial charge in [0, 0.05) is 30.2 Å². The maximum absolute atomic E-state index is 10.5. The van der Waals surface area contributed by atoms with Crippen LogP contribution in [0, 0.1) is 14.9 Å². The minimum atomic E-state index is -2.85. The summed E-state index contributed by atoms with van der Waals surface area (Å²) in [5.74, 6) is 1.86. The summed E-state index contributed by atoms with van der Waals surface area (Å²) in [4.78, 5) is 0. The minimum Gasteiger partial charge on any atom is -0.507 e. The summed E-state index contributed by atoms with van der Waals surface area (Å²) in [6.07, 6.45) is 0.352. The fraction of sp³-hybridized carbons (Fsp3) is 0.324. The number of rotatable bonds is 16. The number of benzene rings is 4. The second-order valence-corrected chi connectivity index (χ2v) is 17.4. The second-order valence-electron chi connectivity index (χ2n) is 11.9. The molecule has 0 radical (unpaired) electrons. The van der Waals surface area contributed by atoms with Crippen molar-refractivity contribution < 1.29 is 33.2 Å². The van der Waals surface area contributed by atoms with Gasteiger partial charge in [-0.05, 0) is 62.3 Å². The van der Waals surface area contributed by atoms with Gasteiger partial charge in [0.05, 0.1) is 30.5 Å². The third-order valence-corrected chi connectivity index (χ3v) is 13.7. The van der Waals surface area contributed by atoms with Crippen LogP contribution >= 0.6 is 22.6 Å². The van der Waals surface area contributed by atoms with Crippen molar-refractivity contribution in [1.82, 2.24) is 0 Å². The zero-order valence-corrected chi connectivity index (χ0v) is 30.7. The summed E-state index contributed by atoms with van der Waals surface area (Å²) in [5, 5.41) is 21.8. The first-order valence-electron chi connectivity index (χ1n) is 15.3. The fourth-order valence-electron chi connectivity index (χ4n) is 5.65. The van der Waals surface area contributed by atoms with Crippen molar-refractivity contribution in [3.05, 3.63) is 105 Å². The van der Waals surface area contributed by atoms with Gasteiger partial charge in [0.2, 0.25) is 0 Å². The number of phenolic OH excluding ortho intramolecular Hbond substituents is 1. The Balaban J connectivity index is 1.78. The number of ether oxygens (including phenoxy) is 5. The lowest BCUT2D eigenvalue weighted by molar-refractivity contribution is -0.00927. The number of halogens is 1. The highest BCUT2D eigenvalue weighted by Gasteiger charge is 2.50. The van der Waals surface area contributed by atoms with Crippen LogP contribution in [0.4, 0.5) is 0 Å². The molecule has 0 amide bonds. The summed E-state index contributed by atoms with van der Waals surface area (Å²) in [6.45, 7) is 7.72. The lowest BCUT2D eigenvalue weighted by Gasteiger charge is -2.43. The molecule has 0 spiro atoms. The van der Waals surface area contributed by atoms with E-state index in [1.807, 2.05) is 52.9 Å². The molecule has 0 atom stereocenters. The summed E-state index contributed by atoms with van der Waals surface area (Å²) >= 11 is 2.04. The van der Waals surface area contributed by atoms with E-state index in [4.69, 9.17) is 33.4 Å². The van der Waals surface area contributed by atoms with E-state index in [2.05, 4.69) is 69.3 Å². The smallest absolute Gasteiger partial charge is 0.261 e. The first-order valence-corrected chi connectivity index (χ1v) is 18.3. The van der Waals surface area contributed by atoms with Gasteiger partial charge in [0.15, 0.2) is 13.4 Å². The molecule has 4 aromatic rings. The van der Waals surface area contributed by atoms with Crippen LogP contribution in [0.5, 0.6) is 23.0 Å². The number of nitrogens with zero attached hydrogens (tertiary/aromatic N) is 1.